The molecule has 0 fully saturated rings. The van der Waals surface area contributed by atoms with Gasteiger partial charge in [-0.25, -0.2) is 0 Å². The molecular weight excluding hydrogens is 256 g/mol. The molecule has 2 heteroatoms. The lowest BCUT2D eigenvalue weighted by molar-refractivity contribution is 1.05. The maximum atomic E-state index is 2.36. The first kappa shape index (κ1) is 13.8. The van der Waals surface area contributed by atoms with Crippen LogP contribution < -0.4 is 0 Å². The van der Waals surface area contributed by atoms with Gasteiger partial charge < -0.3 is 0 Å². The number of rotatable bonds is 5. The van der Waals surface area contributed by atoms with E-state index in [0.29, 0.717) is 0 Å². The van der Waals surface area contributed by atoms with Gasteiger partial charge in [0.15, 0.2) is 0 Å². The van der Waals surface area contributed by atoms with Gasteiger partial charge in [-0.05, 0) is 58.7 Å². The predicted molar refractivity (Wildman–Crippen MR) is 85.1 cm³/mol. The molecule has 0 saturated heterocycles. The summed E-state index contributed by atoms with van der Waals surface area (Å²) in [7, 11) is 0. The summed E-state index contributed by atoms with van der Waals surface area (Å²) in [4.78, 5) is 3.08. The van der Waals surface area contributed by atoms with E-state index in [4.69, 9.17) is 0 Å². The summed E-state index contributed by atoms with van der Waals surface area (Å²) in [6.07, 6.45) is 4.63. The van der Waals surface area contributed by atoms with Crippen LogP contribution in [0.1, 0.15) is 49.9 Å². The molecule has 18 heavy (non-hydrogen) atoms. The second-order valence-electron chi connectivity index (χ2n) is 4.55. The molecule has 2 heterocycles. The fourth-order valence-corrected chi connectivity index (χ4v) is 5.31. The van der Waals surface area contributed by atoms with Crippen molar-refractivity contribution in [3.8, 4) is 9.75 Å². The molecule has 0 radical (unpaired) electrons. The number of thiophene rings is 2. The Kier molecular flexibility index (Phi) is 4.63. The van der Waals surface area contributed by atoms with Gasteiger partial charge in [0, 0.05) is 9.75 Å². The van der Waals surface area contributed by atoms with E-state index >= 15 is 0 Å². The zero-order chi connectivity index (χ0) is 13.1. The van der Waals surface area contributed by atoms with Crippen LogP contribution in [0.2, 0.25) is 0 Å². The molecule has 0 N–H and O–H groups in total. The Bertz CT molecular complexity index is 469. The standard InChI is InChI=1S/C16H22S2/c1-5-11-9-17-15(13(11)7-3)16-14(8-4)12(6-2)10-18-16/h9-10H,5-8H2,1-4H3. The summed E-state index contributed by atoms with van der Waals surface area (Å²) < 4.78 is 0. The Labute approximate surface area is 119 Å². The van der Waals surface area contributed by atoms with Crippen LogP contribution in [0.25, 0.3) is 9.75 Å². The molecule has 0 saturated carbocycles. The first-order valence-electron chi connectivity index (χ1n) is 6.95. The molecule has 2 aromatic rings. The molecule has 0 aliphatic carbocycles. The van der Waals surface area contributed by atoms with Gasteiger partial charge >= 0.3 is 0 Å². The lowest BCUT2D eigenvalue weighted by Gasteiger charge is -2.06. The average molecular weight is 278 g/mol. The Morgan fingerprint density at radius 2 is 1.06 bits per heavy atom. The molecule has 0 aliphatic rings. The van der Waals surface area contributed by atoms with Gasteiger partial charge in [0.25, 0.3) is 0 Å². The number of aryl methyl sites for hydroxylation is 2. The summed E-state index contributed by atoms with van der Waals surface area (Å²) in [6.45, 7) is 9.09. The number of hydrogen-bond donors (Lipinski definition) is 0. The van der Waals surface area contributed by atoms with E-state index < -0.39 is 0 Å². The fraction of sp³-hybridized carbons (Fsp3) is 0.500. The smallest absolute Gasteiger partial charge is 0.0480 e. The van der Waals surface area contributed by atoms with Crippen molar-refractivity contribution in [2.45, 2.75) is 53.4 Å². The maximum absolute atomic E-state index is 2.36. The molecule has 0 atom stereocenters. The van der Waals surface area contributed by atoms with E-state index in [1.807, 2.05) is 22.7 Å². The predicted octanol–water partition coefficient (Wildman–Crippen LogP) is 5.73. The maximum Gasteiger partial charge on any atom is 0.0480 e. The highest BCUT2D eigenvalue weighted by Crippen LogP contribution is 2.40. The molecule has 0 amide bonds. The largest absolute Gasteiger partial charge is 0.142 e. The van der Waals surface area contributed by atoms with E-state index in [1.165, 1.54) is 9.75 Å². The molecule has 0 unspecified atom stereocenters. The van der Waals surface area contributed by atoms with Crippen LogP contribution in [0.4, 0.5) is 0 Å². The number of hydrogen-bond acceptors (Lipinski definition) is 2. The minimum absolute atomic E-state index is 1.16. The third kappa shape index (κ3) is 2.28. The summed E-state index contributed by atoms with van der Waals surface area (Å²) in [6, 6.07) is 0. The zero-order valence-corrected chi connectivity index (χ0v) is 13.4. The van der Waals surface area contributed by atoms with Crippen LogP contribution in [0.5, 0.6) is 0 Å². The fourth-order valence-electron chi connectivity index (χ4n) is 2.59. The van der Waals surface area contributed by atoms with Crippen molar-refractivity contribution in [3.05, 3.63) is 33.0 Å². The van der Waals surface area contributed by atoms with Gasteiger partial charge in [-0.3, -0.25) is 0 Å². The van der Waals surface area contributed by atoms with Gasteiger partial charge in [-0.15, -0.1) is 22.7 Å². The van der Waals surface area contributed by atoms with Crippen LogP contribution in [0.3, 0.4) is 0 Å². The van der Waals surface area contributed by atoms with Crippen LogP contribution in [-0.4, -0.2) is 0 Å². The minimum Gasteiger partial charge on any atom is -0.142 e. The van der Waals surface area contributed by atoms with Gasteiger partial charge in [-0.1, -0.05) is 27.7 Å². The lowest BCUT2D eigenvalue weighted by Crippen LogP contribution is -1.90. The van der Waals surface area contributed by atoms with E-state index in [2.05, 4.69) is 38.5 Å². The molecule has 0 bridgehead atoms. The van der Waals surface area contributed by atoms with Crippen molar-refractivity contribution in [2.24, 2.45) is 0 Å². The summed E-state index contributed by atoms with van der Waals surface area (Å²) in [5, 5.41) is 4.72. The van der Waals surface area contributed by atoms with Crippen LogP contribution >= 0.6 is 22.7 Å². The molecule has 0 aromatic carbocycles. The molecule has 2 aromatic heterocycles. The minimum atomic E-state index is 1.16. The van der Waals surface area contributed by atoms with Crippen molar-refractivity contribution in [2.75, 3.05) is 0 Å². The van der Waals surface area contributed by atoms with E-state index in [0.717, 1.165) is 25.7 Å². The van der Waals surface area contributed by atoms with Crippen LogP contribution in [-0.2, 0) is 25.7 Å². The highest BCUT2D eigenvalue weighted by Gasteiger charge is 2.16. The summed E-state index contributed by atoms with van der Waals surface area (Å²) in [5.74, 6) is 0. The van der Waals surface area contributed by atoms with Crippen LogP contribution in [0.15, 0.2) is 10.8 Å². The first-order chi connectivity index (χ1) is 8.76. The van der Waals surface area contributed by atoms with E-state index in [1.54, 1.807) is 22.3 Å². The van der Waals surface area contributed by atoms with Crippen molar-refractivity contribution in [1.82, 2.24) is 0 Å². The third-order valence-corrected chi connectivity index (χ3v) is 5.94. The Balaban J connectivity index is 2.54. The van der Waals surface area contributed by atoms with Crippen molar-refractivity contribution in [3.63, 3.8) is 0 Å². The normalized spacial score (nSPS) is 11.1. The molecule has 0 nitrogen and oxygen atoms in total. The Morgan fingerprint density at radius 1 is 0.667 bits per heavy atom. The van der Waals surface area contributed by atoms with E-state index in [9.17, 15) is 0 Å². The highest BCUT2D eigenvalue weighted by molar-refractivity contribution is 7.20. The SMILES string of the molecule is CCc1csc(-c2scc(CC)c2CC)c1CC. The van der Waals surface area contributed by atoms with Crippen LogP contribution in [0, 0.1) is 0 Å². The van der Waals surface area contributed by atoms with Crippen molar-refractivity contribution >= 4 is 22.7 Å². The second-order valence-corrected chi connectivity index (χ2v) is 6.31. The monoisotopic (exact) mass is 278 g/mol. The summed E-state index contributed by atoms with van der Waals surface area (Å²) >= 11 is 3.88. The van der Waals surface area contributed by atoms with E-state index in [-0.39, 0.29) is 0 Å². The topological polar surface area (TPSA) is 0 Å². The van der Waals surface area contributed by atoms with Gasteiger partial charge in [0.05, 0.1) is 0 Å². The summed E-state index contributed by atoms with van der Waals surface area (Å²) in [5.41, 5.74) is 6.26. The molecule has 98 valence electrons. The quantitative estimate of drug-likeness (QED) is 0.655. The zero-order valence-electron chi connectivity index (χ0n) is 11.8. The molecular formula is C16H22S2. The van der Waals surface area contributed by atoms with Crippen molar-refractivity contribution < 1.29 is 0 Å². The first-order valence-corrected chi connectivity index (χ1v) is 8.71. The lowest BCUT2D eigenvalue weighted by atomic mass is 10.0. The van der Waals surface area contributed by atoms with Gasteiger partial charge in [0.1, 0.15) is 0 Å². The highest BCUT2D eigenvalue weighted by atomic mass is 32.1. The molecule has 0 spiro atoms. The van der Waals surface area contributed by atoms with Crippen molar-refractivity contribution in [1.29, 1.82) is 0 Å². The Hall–Kier alpha value is -0.600. The average Bonchev–Trinajstić information content (AvgIpc) is 3.00. The van der Waals surface area contributed by atoms with Gasteiger partial charge in [-0.2, -0.15) is 0 Å². The molecule has 0 aliphatic heterocycles. The Morgan fingerprint density at radius 3 is 1.33 bits per heavy atom. The second kappa shape index (κ2) is 6.03. The third-order valence-electron chi connectivity index (χ3n) is 3.64. The molecule has 2 rings (SSSR count). The van der Waals surface area contributed by atoms with Gasteiger partial charge in [0.2, 0.25) is 0 Å².